The summed E-state index contributed by atoms with van der Waals surface area (Å²) in [5.74, 6) is 13.2. The highest BCUT2D eigenvalue weighted by molar-refractivity contribution is 7.36. The van der Waals surface area contributed by atoms with Crippen LogP contribution in [0.3, 0.4) is 0 Å². The van der Waals surface area contributed by atoms with E-state index in [1.807, 2.05) is 22.7 Å². The lowest BCUT2D eigenvalue weighted by molar-refractivity contribution is 1.46. The summed E-state index contributed by atoms with van der Waals surface area (Å²) in [4.78, 5) is 0. The Balaban J connectivity index is 1.35. The molecule has 2 heteroatoms. The van der Waals surface area contributed by atoms with Crippen molar-refractivity contribution in [2.45, 2.75) is 13.8 Å². The Morgan fingerprint density at radius 3 is 1.21 bits per heavy atom. The van der Waals surface area contributed by atoms with Gasteiger partial charge in [0.1, 0.15) is 0 Å². The van der Waals surface area contributed by atoms with Crippen LogP contribution < -0.4 is 0 Å². The lowest BCUT2D eigenvalue weighted by atomic mass is 10.1. The molecule has 0 aliphatic rings. The molecule has 0 radical (unpaired) electrons. The van der Waals surface area contributed by atoms with Crippen LogP contribution in [0.5, 0.6) is 0 Å². The fourth-order valence-electron chi connectivity index (χ4n) is 3.97. The van der Waals surface area contributed by atoms with Crippen LogP contribution >= 0.6 is 22.7 Å². The predicted molar refractivity (Wildman–Crippen MR) is 149 cm³/mol. The van der Waals surface area contributed by atoms with E-state index in [1.54, 1.807) is 0 Å². The Hall–Kier alpha value is -3.82. The Bertz CT molecular complexity index is 1670. The molecule has 0 bridgehead atoms. The molecule has 0 unspecified atom stereocenters. The minimum atomic E-state index is 1.05. The van der Waals surface area contributed by atoms with Gasteiger partial charge in [0.05, 0.1) is 9.40 Å². The zero-order valence-electron chi connectivity index (χ0n) is 18.9. The first-order valence-electron chi connectivity index (χ1n) is 11.2. The molecule has 0 aliphatic carbocycles. The van der Waals surface area contributed by atoms with Gasteiger partial charge in [0.15, 0.2) is 0 Å². The predicted octanol–water partition coefficient (Wildman–Crippen LogP) is 8.69. The van der Waals surface area contributed by atoms with E-state index in [1.165, 1.54) is 40.7 Å². The monoisotopic (exact) mass is 468 g/mol. The maximum absolute atomic E-state index is 3.33. The van der Waals surface area contributed by atoms with Crippen molar-refractivity contribution < 1.29 is 0 Å². The van der Waals surface area contributed by atoms with Crippen molar-refractivity contribution in [3.63, 3.8) is 0 Å². The average molecular weight is 469 g/mol. The molecular formula is C32H20S2. The van der Waals surface area contributed by atoms with Crippen LogP contribution in [0.2, 0.25) is 0 Å². The van der Waals surface area contributed by atoms with Crippen LogP contribution in [0.25, 0.3) is 29.6 Å². The summed E-state index contributed by atoms with van der Waals surface area (Å²) in [6, 6.07) is 29.9. The van der Waals surface area contributed by atoms with Gasteiger partial charge in [0.2, 0.25) is 0 Å². The first-order valence-corrected chi connectivity index (χ1v) is 12.8. The van der Waals surface area contributed by atoms with Crippen molar-refractivity contribution in [1.82, 2.24) is 0 Å². The minimum Gasteiger partial charge on any atom is -0.134 e. The molecule has 6 aromatic rings. The van der Waals surface area contributed by atoms with Crippen LogP contribution in [-0.4, -0.2) is 0 Å². The van der Waals surface area contributed by atoms with Crippen LogP contribution in [0, 0.1) is 37.5 Å². The van der Waals surface area contributed by atoms with E-state index in [9.17, 15) is 0 Å². The summed E-state index contributed by atoms with van der Waals surface area (Å²) < 4.78 is 5.30. The number of hydrogen-bond donors (Lipinski definition) is 0. The van der Waals surface area contributed by atoms with Gasteiger partial charge in [-0.25, -0.2) is 0 Å². The van der Waals surface area contributed by atoms with Gasteiger partial charge in [0, 0.05) is 42.4 Å². The standard InChI is InChI=1S/C32H20S2/c1-21-3-7-23(8-4-21)11-13-25-15-17-27-29(19-25)33-32-28-18-16-26(20-30(28)34-31(27)32)14-12-24-9-5-22(2)6-10-24/h3-10,15-20H,1-2H3. The second-order valence-corrected chi connectivity index (χ2v) is 10.6. The van der Waals surface area contributed by atoms with Crippen LogP contribution in [0.15, 0.2) is 84.9 Å². The van der Waals surface area contributed by atoms with E-state index >= 15 is 0 Å². The molecule has 4 aromatic carbocycles. The highest BCUT2D eigenvalue weighted by atomic mass is 32.1. The third-order valence-electron chi connectivity index (χ3n) is 5.89. The highest BCUT2D eigenvalue weighted by Crippen LogP contribution is 2.44. The van der Waals surface area contributed by atoms with Gasteiger partial charge in [-0.3, -0.25) is 0 Å². The number of rotatable bonds is 0. The molecule has 0 nitrogen and oxygen atoms in total. The smallest absolute Gasteiger partial charge is 0.0542 e. The van der Waals surface area contributed by atoms with Gasteiger partial charge in [-0.15, -0.1) is 22.7 Å². The van der Waals surface area contributed by atoms with Gasteiger partial charge in [-0.2, -0.15) is 0 Å². The number of thiophene rings is 2. The Morgan fingerprint density at radius 2 is 0.794 bits per heavy atom. The van der Waals surface area contributed by atoms with Crippen molar-refractivity contribution in [3.8, 4) is 23.7 Å². The largest absolute Gasteiger partial charge is 0.134 e. The summed E-state index contributed by atoms with van der Waals surface area (Å²) in [6.07, 6.45) is 0. The molecule has 2 heterocycles. The number of aryl methyl sites for hydroxylation is 2. The highest BCUT2D eigenvalue weighted by Gasteiger charge is 2.12. The van der Waals surface area contributed by atoms with Gasteiger partial charge in [0.25, 0.3) is 0 Å². The molecule has 2 aromatic heterocycles. The molecule has 6 rings (SSSR count). The van der Waals surface area contributed by atoms with E-state index in [0.29, 0.717) is 0 Å². The Labute approximate surface area is 207 Å². The van der Waals surface area contributed by atoms with Crippen molar-refractivity contribution in [1.29, 1.82) is 0 Å². The first kappa shape index (κ1) is 20.8. The molecule has 0 spiro atoms. The molecule has 0 N–H and O–H groups in total. The number of hydrogen-bond acceptors (Lipinski definition) is 2. The van der Waals surface area contributed by atoms with Gasteiger partial charge >= 0.3 is 0 Å². The van der Waals surface area contributed by atoms with Crippen molar-refractivity contribution in [2.75, 3.05) is 0 Å². The van der Waals surface area contributed by atoms with E-state index in [-0.39, 0.29) is 0 Å². The topological polar surface area (TPSA) is 0 Å². The second kappa shape index (κ2) is 8.51. The minimum absolute atomic E-state index is 1.05. The fraction of sp³-hybridized carbons (Fsp3) is 0.0625. The molecule has 0 atom stereocenters. The summed E-state index contributed by atoms with van der Waals surface area (Å²) in [6.45, 7) is 4.19. The third kappa shape index (κ3) is 4.00. The zero-order chi connectivity index (χ0) is 23.1. The molecular weight excluding hydrogens is 448 g/mol. The molecule has 0 saturated heterocycles. The average Bonchev–Trinajstić information content (AvgIpc) is 3.38. The summed E-state index contributed by atoms with van der Waals surface area (Å²) in [7, 11) is 0. The van der Waals surface area contributed by atoms with Crippen LogP contribution in [0.1, 0.15) is 33.4 Å². The van der Waals surface area contributed by atoms with Crippen molar-refractivity contribution >= 4 is 52.2 Å². The van der Waals surface area contributed by atoms with E-state index in [4.69, 9.17) is 0 Å². The number of fused-ring (bicyclic) bond motifs is 5. The zero-order valence-corrected chi connectivity index (χ0v) is 20.5. The normalized spacial score (nSPS) is 10.8. The Kier molecular flexibility index (Phi) is 5.20. The molecule has 0 aliphatic heterocycles. The second-order valence-electron chi connectivity index (χ2n) is 8.52. The Morgan fingerprint density at radius 1 is 0.441 bits per heavy atom. The van der Waals surface area contributed by atoms with Crippen molar-refractivity contribution in [3.05, 3.63) is 118 Å². The molecule has 34 heavy (non-hydrogen) atoms. The lowest BCUT2D eigenvalue weighted by Gasteiger charge is -1.95. The SMILES string of the molecule is Cc1ccc(C#Cc2ccc3c(c2)sc2c4ccc(C#Cc5ccc(C)cc5)cc4sc32)cc1. The number of benzene rings is 4. The lowest BCUT2D eigenvalue weighted by Crippen LogP contribution is -1.77. The quantitative estimate of drug-likeness (QED) is 0.196. The maximum Gasteiger partial charge on any atom is 0.0542 e. The van der Waals surface area contributed by atoms with E-state index < -0.39 is 0 Å². The van der Waals surface area contributed by atoms with E-state index in [2.05, 4.69) is 122 Å². The van der Waals surface area contributed by atoms with Gasteiger partial charge in [-0.05, 0) is 62.4 Å². The third-order valence-corrected chi connectivity index (χ3v) is 8.39. The summed E-state index contributed by atoms with van der Waals surface area (Å²) in [5, 5.41) is 2.63. The molecule has 0 fully saturated rings. The van der Waals surface area contributed by atoms with Crippen LogP contribution in [0.4, 0.5) is 0 Å². The van der Waals surface area contributed by atoms with Crippen LogP contribution in [-0.2, 0) is 0 Å². The summed E-state index contributed by atoms with van der Waals surface area (Å²) >= 11 is 3.72. The summed E-state index contributed by atoms with van der Waals surface area (Å²) in [5.41, 5.74) is 6.71. The molecule has 160 valence electrons. The van der Waals surface area contributed by atoms with Gasteiger partial charge in [-0.1, -0.05) is 71.2 Å². The molecule has 0 amide bonds. The van der Waals surface area contributed by atoms with E-state index in [0.717, 1.165) is 22.3 Å². The first-order chi connectivity index (χ1) is 16.6. The van der Waals surface area contributed by atoms with Crippen molar-refractivity contribution in [2.24, 2.45) is 0 Å². The fourth-order valence-corrected chi connectivity index (χ4v) is 6.71. The maximum atomic E-state index is 3.33. The van der Waals surface area contributed by atoms with Gasteiger partial charge < -0.3 is 0 Å². The molecule has 0 saturated carbocycles.